The molecular weight excluding hydrogens is 537 g/mol. The van der Waals surface area contributed by atoms with E-state index in [1.807, 2.05) is 24.4 Å². The van der Waals surface area contributed by atoms with Gasteiger partial charge in [0.1, 0.15) is 22.7 Å². The summed E-state index contributed by atoms with van der Waals surface area (Å²) < 4.78 is 18.5. The van der Waals surface area contributed by atoms with E-state index in [4.69, 9.17) is 14.7 Å². The van der Waals surface area contributed by atoms with Gasteiger partial charge >= 0.3 is 0 Å². The number of likely N-dealkylation sites (N-methyl/N-ethyl adjacent to an activating group) is 1. The molecule has 0 unspecified atom stereocenters. The third-order valence-corrected chi connectivity index (χ3v) is 8.43. The zero-order valence-corrected chi connectivity index (χ0v) is 23.8. The van der Waals surface area contributed by atoms with E-state index in [1.165, 1.54) is 16.8 Å². The second-order valence-corrected chi connectivity index (χ2v) is 11.1. The fourth-order valence-electron chi connectivity index (χ4n) is 5.80. The number of hydrogen-bond acceptors (Lipinski definition) is 10. The summed E-state index contributed by atoms with van der Waals surface area (Å²) in [6, 6.07) is 7.75. The maximum absolute atomic E-state index is 12.2. The molecule has 41 heavy (non-hydrogen) atoms. The number of ether oxygens (including phenoxy) is 1. The number of anilines is 5. The zero-order chi connectivity index (χ0) is 27.9. The van der Waals surface area contributed by atoms with Crippen LogP contribution in [0.4, 0.5) is 28.8 Å². The summed E-state index contributed by atoms with van der Waals surface area (Å²) in [4.78, 5) is 26.4. The highest BCUT2D eigenvalue weighted by Crippen LogP contribution is 2.43. The minimum atomic E-state index is -0.164. The SMILES string of the molecule is Cc1cc(Nc2nc(Nc3ccc4nccnc4c3P=O)c3cc[nH]c3n2)c2c(c1N1CCN(C)CC1)CCCO2. The predicted octanol–water partition coefficient (Wildman–Crippen LogP) is 4.69. The maximum atomic E-state index is 12.2. The maximum Gasteiger partial charge on any atom is 0.231 e. The summed E-state index contributed by atoms with van der Waals surface area (Å²) in [5.41, 5.74) is 7.16. The Bertz CT molecular complexity index is 1780. The third-order valence-electron chi connectivity index (χ3n) is 7.80. The first-order valence-corrected chi connectivity index (χ1v) is 14.6. The fraction of sp³-hybridized carbons (Fsp3) is 0.310. The zero-order valence-electron chi connectivity index (χ0n) is 22.9. The van der Waals surface area contributed by atoms with Crippen LogP contribution >= 0.6 is 8.46 Å². The van der Waals surface area contributed by atoms with Crippen LogP contribution in [0.15, 0.2) is 42.9 Å². The number of aromatic nitrogens is 5. The summed E-state index contributed by atoms with van der Waals surface area (Å²) in [7, 11) is 2.01. The van der Waals surface area contributed by atoms with Crippen LogP contribution in [-0.4, -0.2) is 69.7 Å². The van der Waals surface area contributed by atoms with Crippen molar-refractivity contribution >= 4 is 64.7 Å². The van der Waals surface area contributed by atoms with E-state index in [1.54, 1.807) is 12.4 Å². The van der Waals surface area contributed by atoms with Gasteiger partial charge in [0.25, 0.3) is 0 Å². The molecule has 1 fully saturated rings. The normalized spacial score (nSPS) is 15.7. The molecule has 0 bridgehead atoms. The van der Waals surface area contributed by atoms with Crippen LogP contribution in [-0.2, 0) is 11.0 Å². The molecule has 5 aromatic rings. The summed E-state index contributed by atoms with van der Waals surface area (Å²) >= 11 is 0. The lowest BCUT2D eigenvalue weighted by atomic mass is 9.97. The van der Waals surface area contributed by atoms with Crippen LogP contribution < -0.4 is 25.6 Å². The van der Waals surface area contributed by atoms with Crippen LogP contribution in [0.25, 0.3) is 22.1 Å². The monoisotopic (exact) mass is 567 g/mol. The Kier molecular flexibility index (Phi) is 6.60. The van der Waals surface area contributed by atoms with Crippen molar-refractivity contribution in [2.24, 2.45) is 0 Å². The standard InChI is InChI=1S/C29H30N9O2P/c1-17-16-22(25-18(4-3-15-40-25)24(17)38-13-11-37(2)12-14-38)34-29-35-27-19(7-8-32-27)28(36-29)33-21-6-5-20-23(26(21)41-39)31-10-9-30-20/h5-10,16H,3-4,11-15H2,1-2H3,(H3,32,33,34,35,36). The molecule has 11 nitrogen and oxygen atoms in total. The first kappa shape index (κ1) is 25.6. The number of aromatic amines is 1. The second-order valence-electron chi connectivity index (χ2n) is 10.5. The minimum Gasteiger partial charge on any atom is -0.491 e. The van der Waals surface area contributed by atoms with Gasteiger partial charge in [-0.2, -0.15) is 9.97 Å². The topological polar surface area (TPSA) is 124 Å². The molecule has 0 radical (unpaired) electrons. The van der Waals surface area contributed by atoms with Gasteiger partial charge < -0.3 is 30.2 Å². The van der Waals surface area contributed by atoms with Crippen molar-refractivity contribution in [3.8, 4) is 5.75 Å². The summed E-state index contributed by atoms with van der Waals surface area (Å²) in [6.45, 7) is 6.95. The van der Waals surface area contributed by atoms with Gasteiger partial charge in [-0.05, 0) is 56.6 Å². The molecule has 208 valence electrons. The number of piperazine rings is 1. The average Bonchev–Trinajstić information content (AvgIpc) is 3.47. The first-order chi connectivity index (χ1) is 20.1. The van der Waals surface area contributed by atoms with E-state index in [-0.39, 0.29) is 8.46 Å². The minimum absolute atomic E-state index is 0.164. The molecule has 2 aliphatic rings. The number of H-pyrrole nitrogens is 1. The molecule has 3 N–H and O–H groups in total. The number of nitrogens with zero attached hydrogens (tertiary/aromatic N) is 6. The molecule has 0 atom stereocenters. The fourth-order valence-corrected chi connectivity index (χ4v) is 6.28. The van der Waals surface area contributed by atoms with Crippen LogP contribution in [0.1, 0.15) is 17.5 Å². The largest absolute Gasteiger partial charge is 0.491 e. The van der Waals surface area contributed by atoms with Gasteiger partial charge in [-0.3, -0.25) is 14.5 Å². The van der Waals surface area contributed by atoms with Gasteiger partial charge in [-0.15, -0.1) is 0 Å². The molecule has 7 rings (SSSR count). The summed E-state index contributed by atoms with van der Waals surface area (Å²) in [5, 5.41) is 8.16. The van der Waals surface area contributed by atoms with Crippen LogP contribution in [0, 0.1) is 6.92 Å². The highest BCUT2D eigenvalue weighted by Gasteiger charge is 2.26. The number of benzene rings is 2. The molecular formula is C29H30N9O2P. The number of nitrogens with one attached hydrogen (secondary N) is 3. The number of aryl methyl sites for hydroxylation is 1. The number of hydrogen-bond donors (Lipinski definition) is 3. The summed E-state index contributed by atoms with van der Waals surface area (Å²) in [5.74, 6) is 1.88. The molecule has 3 aromatic heterocycles. The smallest absolute Gasteiger partial charge is 0.231 e. The van der Waals surface area contributed by atoms with Crippen molar-refractivity contribution in [1.29, 1.82) is 0 Å². The molecule has 5 heterocycles. The molecule has 12 heteroatoms. The van der Waals surface area contributed by atoms with Crippen molar-refractivity contribution in [1.82, 2.24) is 29.8 Å². The van der Waals surface area contributed by atoms with E-state index in [0.29, 0.717) is 46.0 Å². The van der Waals surface area contributed by atoms with Gasteiger partial charge in [0.15, 0.2) is 8.46 Å². The lowest BCUT2D eigenvalue weighted by Crippen LogP contribution is -2.45. The van der Waals surface area contributed by atoms with Crippen LogP contribution in [0.3, 0.4) is 0 Å². The van der Waals surface area contributed by atoms with E-state index < -0.39 is 0 Å². The highest BCUT2D eigenvalue weighted by molar-refractivity contribution is 7.35. The summed E-state index contributed by atoms with van der Waals surface area (Å²) in [6.07, 6.45) is 7.00. The lowest BCUT2D eigenvalue weighted by molar-refractivity contribution is 0.288. The van der Waals surface area contributed by atoms with Gasteiger partial charge in [0.05, 0.1) is 34.2 Å². The van der Waals surface area contributed by atoms with Gasteiger partial charge in [0, 0.05) is 56.0 Å². The molecule has 2 aliphatic heterocycles. The lowest BCUT2D eigenvalue weighted by Gasteiger charge is -2.37. The Hall–Kier alpha value is -4.34. The van der Waals surface area contributed by atoms with Crippen LogP contribution in [0.5, 0.6) is 5.75 Å². The predicted molar refractivity (Wildman–Crippen MR) is 162 cm³/mol. The molecule has 2 aromatic carbocycles. The Morgan fingerprint density at radius 3 is 2.73 bits per heavy atom. The molecule has 0 saturated carbocycles. The molecule has 0 amide bonds. The Balaban J connectivity index is 1.27. The number of fused-ring (bicyclic) bond motifs is 3. The van der Waals surface area contributed by atoms with E-state index in [0.717, 1.165) is 55.8 Å². The highest BCUT2D eigenvalue weighted by atomic mass is 31.1. The van der Waals surface area contributed by atoms with Crippen molar-refractivity contribution < 1.29 is 9.30 Å². The molecule has 0 aliphatic carbocycles. The van der Waals surface area contributed by atoms with Gasteiger partial charge in [-0.25, -0.2) is 0 Å². The first-order valence-electron chi connectivity index (χ1n) is 13.8. The van der Waals surface area contributed by atoms with Crippen molar-refractivity contribution in [3.05, 3.63) is 54.0 Å². The Labute approximate surface area is 238 Å². The van der Waals surface area contributed by atoms with E-state index >= 15 is 0 Å². The van der Waals surface area contributed by atoms with Gasteiger partial charge in [0.2, 0.25) is 5.95 Å². The van der Waals surface area contributed by atoms with E-state index in [2.05, 4.69) is 55.4 Å². The Morgan fingerprint density at radius 1 is 1.02 bits per heavy atom. The Morgan fingerprint density at radius 2 is 1.88 bits per heavy atom. The van der Waals surface area contributed by atoms with Crippen molar-refractivity contribution in [2.75, 3.05) is 55.4 Å². The average molecular weight is 568 g/mol. The van der Waals surface area contributed by atoms with Crippen LogP contribution in [0.2, 0.25) is 0 Å². The molecule has 0 spiro atoms. The van der Waals surface area contributed by atoms with Crippen molar-refractivity contribution in [3.63, 3.8) is 0 Å². The number of rotatable bonds is 6. The van der Waals surface area contributed by atoms with Crippen molar-refractivity contribution in [2.45, 2.75) is 19.8 Å². The molecule has 1 saturated heterocycles. The quantitative estimate of drug-likeness (QED) is 0.249. The van der Waals surface area contributed by atoms with Gasteiger partial charge in [-0.1, -0.05) is 0 Å². The second kappa shape index (κ2) is 10.6. The third kappa shape index (κ3) is 4.71. The van der Waals surface area contributed by atoms with E-state index in [9.17, 15) is 4.57 Å².